The molecule has 0 atom stereocenters. The van der Waals surface area contributed by atoms with E-state index < -0.39 is 18.8 Å². The first-order valence-electron chi connectivity index (χ1n) is 4.62. The normalized spacial score (nSPS) is 14.1. The molecule has 0 saturated carbocycles. The van der Waals surface area contributed by atoms with Gasteiger partial charge in [0.2, 0.25) is 0 Å². The van der Waals surface area contributed by atoms with Gasteiger partial charge in [0.05, 0.1) is 11.2 Å². The molecule has 0 aliphatic heterocycles. The van der Waals surface area contributed by atoms with Crippen LogP contribution in [0.4, 0.5) is 0 Å². The highest BCUT2D eigenvalue weighted by Gasteiger charge is 2.32. The molecule has 0 aromatic heterocycles. The molecule has 0 rings (SSSR count). The van der Waals surface area contributed by atoms with E-state index in [0.29, 0.717) is 0 Å². The van der Waals surface area contributed by atoms with Gasteiger partial charge in [0, 0.05) is 5.82 Å². The van der Waals surface area contributed by atoms with Gasteiger partial charge in [-0.2, -0.15) is 0 Å². The van der Waals surface area contributed by atoms with E-state index in [1.165, 1.54) is 5.82 Å². The number of rotatable bonds is 3. The van der Waals surface area contributed by atoms with Crippen LogP contribution in [0, 0.1) is 0 Å². The first-order chi connectivity index (χ1) is 5.97. The fourth-order valence-corrected chi connectivity index (χ4v) is 2.57. The molecule has 0 fully saturated rings. The van der Waals surface area contributed by atoms with Crippen molar-refractivity contribution in [1.29, 1.82) is 0 Å². The van der Waals surface area contributed by atoms with E-state index in [4.69, 9.17) is 9.05 Å². The van der Waals surface area contributed by atoms with E-state index in [-0.39, 0.29) is 0 Å². The first kappa shape index (κ1) is 13.9. The summed E-state index contributed by atoms with van der Waals surface area (Å²) in [6.45, 7) is 14.5. The first-order valence-corrected chi connectivity index (χ1v) is 6.23. The molecule has 3 nitrogen and oxygen atoms in total. The molecule has 4 heteroatoms. The molecule has 0 aliphatic rings. The molecule has 14 heavy (non-hydrogen) atoms. The maximum absolute atomic E-state index is 12.1. The van der Waals surface area contributed by atoms with Gasteiger partial charge in [0.1, 0.15) is 0 Å². The Kier molecular flexibility index (Phi) is 4.14. The minimum Gasteiger partial charge on any atom is -0.300 e. The van der Waals surface area contributed by atoms with Gasteiger partial charge < -0.3 is 0 Å². The predicted molar refractivity (Wildman–Crippen MR) is 59.5 cm³/mol. The molecule has 0 aromatic carbocycles. The third-order valence-electron chi connectivity index (χ3n) is 1.03. The largest absolute Gasteiger partial charge is 0.354 e. The summed E-state index contributed by atoms with van der Waals surface area (Å²) in [6.07, 6.45) is 0. The molecule has 84 valence electrons. The summed E-state index contributed by atoms with van der Waals surface area (Å²) in [5.74, 6) is 1.25. The average Bonchev–Trinajstić information content (AvgIpc) is 1.78. The van der Waals surface area contributed by atoms with Crippen molar-refractivity contribution >= 4 is 7.60 Å². The second-order valence-corrected chi connectivity index (χ2v) is 6.94. The van der Waals surface area contributed by atoms with E-state index in [9.17, 15) is 4.57 Å². The molecule has 0 bridgehead atoms. The molecular weight excluding hydrogens is 199 g/mol. The highest BCUT2D eigenvalue weighted by atomic mass is 31.2. The van der Waals surface area contributed by atoms with Crippen LogP contribution in [0.3, 0.4) is 0 Å². The summed E-state index contributed by atoms with van der Waals surface area (Å²) in [7, 11) is -3.18. The standard InChI is InChI=1S/C10H21O3P/c1-8-14(11,12-9(2,3)4)13-10(5,6)7/h8H,1H2,2-7H3. The lowest BCUT2D eigenvalue weighted by atomic mass is 10.2. The van der Waals surface area contributed by atoms with Crippen LogP contribution >= 0.6 is 7.60 Å². The Balaban J connectivity index is 4.67. The fourth-order valence-electron chi connectivity index (χ4n) is 0.857. The maximum atomic E-state index is 12.1. The van der Waals surface area contributed by atoms with Crippen LogP contribution in [-0.2, 0) is 13.6 Å². The Morgan fingerprint density at radius 2 is 1.29 bits per heavy atom. The molecule has 0 saturated heterocycles. The van der Waals surface area contributed by atoms with Crippen LogP contribution in [-0.4, -0.2) is 11.2 Å². The zero-order valence-electron chi connectivity index (χ0n) is 9.96. The summed E-state index contributed by atoms with van der Waals surface area (Å²) < 4.78 is 22.8. The highest BCUT2D eigenvalue weighted by molar-refractivity contribution is 7.57. The van der Waals surface area contributed by atoms with Crippen LogP contribution in [0.1, 0.15) is 41.5 Å². The lowest BCUT2D eigenvalue weighted by molar-refractivity contribution is 0.0542. The van der Waals surface area contributed by atoms with Gasteiger partial charge in [0.25, 0.3) is 0 Å². The van der Waals surface area contributed by atoms with Crippen LogP contribution in [0.5, 0.6) is 0 Å². The predicted octanol–water partition coefficient (Wildman–Crippen LogP) is 3.95. The average molecular weight is 220 g/mol. The molecular formula is C10H21O3P. The minimum atomic E-state index is -3.18. The zero-order valence-corrected chi connectivity index (χ0v) is 10.9. The van der Waals surface area contributed by atoms with Crippen molar-refractivity contribution in [3.8, 4) is 0 Å². The van der Waals surface area contributed by atoms with E-state index in [1.54, 1.807) is 0 Å². The minimum absolute atomic E-state index is 0.505. The lowest BCUT2D eigenvalue weighted by Gasteiger charge is -2.30. The Morgan fingerprint density at radius 3 is 1.43 bits per heavy atom. The molecule has 0 radical (unpaired) electrons. The molecule has 0 aromatic rings. The van der Waals surface area contributed by atoms with Gasteiger partial charge in [0.15, 0.2) is 0 Å². The van der Waals surface area contributed by atoms with E-state index in [2.05, 4.69) is 6.58 Å². The Labute approximate surface area is 87.0 Å². The summed E-state index contributed by atoms with van der Waals surface area (Å²) in [5, 5.41) is 0. The van der Waals surface area contributed by atoms with Crippen molar-refractivity contribution in [2.75, 3.05) is 0 Å². The molecule has 0 spiro atoms. The van der Waals surface area contributed by atoms with Crippen molar-refractivity contribution in [3.05, 3.63) is 12.4 Å². The van der Waals surface area contributed by atoms with Crippen molar-refractivity contribution < 1.29 is 13.6 Å². The van der Waals surface area contributed by atoms with Gasteiger partial charge in [-0.15, -0.1) is 0 Å². The van der Waals surface area contributed by atoms with Crippen LogP contribution in [0.25, 0.3) is 0 Å². The quantitative estimate of drug-likeness (QED) is 0.675. The smallest absolute Gasteiger partial charge is 0.300 e. The Hall–Kier alpha value is -0.110. The molecule has 0 unspecified atom stereocenters. The van der Waals surface area contributed by atoms with Crippen molar-refractivity contribution in [1.82, 2.24) is 0 Å². The molecule has 0 aliphatic carbocycles. The molecule has 0 heterocycles. The van der Waals surface area contributed by atoms with E-state index >= 15 is 0 Å². The Morgan fingerprint density at radius 1 is 1.00 bits per heavy atom. The second-order valence-electron chi connectivity index (χ2n) is 5.13. The summed E-state index contributed by atoms with van der Waals surface area (Å²) in [5.41, 5.74) is -1.01. The topological polar surface area (TPSA) is 35.5 Å². The zero-order chi connectivity index (χ0) is 11.6. The summed E-state index contributed by atoms with van der Waals surface area (Å²) in [6, 6.07) is 0. The van der Waals surface area contributed by atoms with Gasteiger partial charge in [-0.25, -0.2) is 0 Å². The number of hydrogen-bond acceptors (Lipinski definition) is 3. The summed E-state index contributed by atoms with van der Waals surface area (Å²) in [4.78, 5) is 0. The van der Waals surface area contributed by atoms with Crippen molar-refractivity contribution in [2.24, 2.45) is 0 Å². The molecule has 0 N–H and O–H groups in total. The van der Waals surface area contributed by atoms with Crippen LogP contribution in [0.2, 0.25) is 0 Å². The van der Waals surface area contributed by atoms with Gasteiger partial charge in [-0.1, -0.05) is 6.58 Å². The van der Waals surface area contributed by atoms with E-state index in [1.807, 2.05) is 41.5 Å². The monoisotopic (exact) mass is 220 g/mol. The van der Waals surface area contributed by atoms with Gasteiger partial charge in [-0.05, 0) is 41.5 Å². The van der Waals surface area contributed by atoms with Gasteiger partial charge >= 0.3 is 7.60 Å². The van der Waals surface area contributed by atoms with Gasteiger partial charge in [-0.3, -0.25) is 13.6 Å². The fraction of sp³-hybridized carbons (Fsp3) is 0.800. The highest BCUT2D eigenvalue weighted by Crippen LogP contribution is 2.55. The number of hydrogen-bond donors (Lipinski definition) is 0. The van der Waals surface area contributed by atoms with Crippen molar-refractivity contribution in [2.45, 2.75) is 52.7 Å². The lowest BCUT2D eigenvalue weighted by Crippen LogP contribution is -2.22. The van der Waals surface area contributed by atoms with Crippen molar-refractivity contribution in [3.63, 3.8) is 0 Å². The van der Waals surface area contributed by atoms with E-state index in [0.717, 1.165) is 0 Å². The maximum Gasteiger partial charge on any atom is 0.354 e. The Bertz CT molecular complexity index is 225. The van der Waals surface area contributed by atoms with Crippen LogP contribution < -0.4 is 0 Å². The molecule has 0 amide bonds. The third-order valence-corrected chi connectivity index (χ3v) is 3.08. The SMILES string of the molecule is C=CP(=O)(OC(C)(C)C)OC(C)(C)C. The summed E-state index contributed by atoms with van der Waals surface area (Å²) >= 11 is 0. The van der Waals surface area contributed by atoms with Crippen LogP contribution in [0.15, 0.2) is 12.4 Å². The third kappa shape index (κ3) is 6.36. The second kappa shape index (κ2) is 4.18.